The average molecular weight is 363 g/mol. The van der Waals surface area contributed by atoms with Crippen molar-refractivity contribution in [3.8, 4) is 5.75 Å². The van der Waals surface area contributed by atoms with E-state index in [9.17, 15) is 4.79 Å². The molecule has 0 N–H and O–H groups in total. The minimum atomic E-state index is -0.111. The van der Waals surface area contributed by atoms with Crippen LogP contribution < -0.4 is 4.74 Å². The molecule has 1 unspecified atom stereocenters. The summed E-state index contributed by atoms with van der Waals surface area (Å²) >= 11 is 0. The summed E-state index contributed by atoms with van der Waals surface area (Å²) in [5, 5.41) is 1.00. The molecule has 0 aliphatic carbocycles. The van der Waals surface area contributed by atoms with Gasteiger partial charge in [-0.25, -0.2) is 4.98 Å². The van der Waals surface area contributed by atoms with Crippen molar-refractivity contribution in [2.24, 2.45) is 0 Å². The predicted octanol–water partition coefficient (Wildman–Crippen LogP) is 3.98. The molecule has 2 aromatic heterocycles. The van der Waals surface area contributed by atoms with Crippen LogP contribution in [0.5, 0.6) is 5.75 Å². The van der Waals surface area contributed by atoms with E-state index in [0.717, 1.165) is 23.7 Å². The zero-order chi connectivity index (χ0) is 18.6. The number of para-hydroxylation sites is 1. The van der Waals surface area contributed by atoms with Crippen molar-refractivity contribution in [1.29, 1.82) is 0 Å². The van der Waals surface area contributed by atoms with E-state index in [0.29, 0.717) is 23.9 Å². The van der Waals surface area contributed by atoms with Crippen molar-refractivity contribution >= 4 is 16.8 Å². The molecule has 138 valence electrons. The van der Waals surface area contributed by atoms with E-state index < -0.39 is 0 Å². The molecule has 0 saturated carbocycles. The quantitative estimate of drug-likeness (QED) is 0.620. The van der Waals surface area contributed by atoms with Crippen LogP contribution in [-0.4, -0.2) is 33.4 Å². The van der Waals surface area contributed by atoms with Crippen molar-refractivity contribution in [1.82, 2.24) is 14.9 Å². The Labute approximate surface area is 157 Å². The van der Waals surface area contributed by atoms with Gasteiger partial charge < -0.3 is 14.1 Å². The molecule has 0 bridgehead atoms. The van der Waals surface area contributed by atoms with Gasteiger partial charge >= 0.3 is 0 Å². The SMILES string of the molecule is CCCC1C=CCN1C(=O)c1coc(COc2cccc3cccnc23)n1. The second-order valence-corrected chi connectivity index (χ2v) is 6.49. The fourth-order valence-corrected chi connectivity index (χ4v) is 3.31. The molecular weight excluding hydrogens is 342 g/mol. The van der Waals surface area contributed by atoms with Gasteiger partial charge in [-0.15, -0.1) is 0 Å². The number of fused-ring (bicyclic) bond motifs is 1. The number of carbonyl (C=O) groups excluding carboxylic acids is 1. The minimum absolute atomic E-state index is 0.111. The number of carbonyl (C=O) groups is 1. The van der Waals surface area contributed by atoms with E-state index in [2.05, 4.69) is 23.0 Å². The smallest absolute Gasteiger partial charge is 0.276 e. The lowest BCUT2D eigenvalue weighted by Gasteiger charge is -2.23. The van der Waals surface area contributed by atoms with E-state index in [1.165, 1.54) is 6.26 Å². The highest BCUT2D eigenvalue weighted by atomic mass is 16.5. The fourth-order valence-electron chi connectivity index (χ4n) is 3.31. The highest BCUT2D eigenvalue weighted by Gasteiger charge is 2.27. The number of aromatic nitrogens is 2. The summed E-state index contributed by atoms with van der Waals surface area (Å²) in [7, 11) is 0. The van der Waals surface area contributed by atoms with E-state index in [1.807, 2.05) is 41.3 Å². The Balaban J connectivity index is 1.44. The number of hydrogen-bond donors (Lipinski definition) is 0. The summed E-state index contributed by atoms with van der Waals surface area (Å²) in [6, 6.07) is 9.76. The number of benzene rings is 1. The zero-order valence-electron chi connectivity index (χ0n) is 15.2. The molecule has 0 spiro atoms. The van der Waals surface area contributed by atoms with Crippen LogP contribution in [0.1, 0.15) is 36.1 Å². The van der Waals surface area contributed by atoms with Gasteiger partial charge in [0.1, 0.15) is 17.5 Å². The van der Waals surface area contributed by atoms with Gasteiger partial charge in [0, 0.05) is 18.1 Å². The number of pyridine rings is 1. The topological polar surface area (TPSA) is 68.5 Å². The van der Waals surface area contributed by atoms with Gasteiger partial charge in [0.05, 0.1) is 6.04 Å². The first-order valence-electron chi connectivity index (χ1n) is 9.15. The highest BCUT2D eigenvalue weighted by molar-refractivity contribution is 5.92. The third-order valence-electron chi connectivity index (χ3n) is 4.62. The third kappa shape index (κ3) is 3.56. The van der Waals surface area contributed by atoms with Crippen LogP contribution in [0.15, 0.2) is 59.4 Å². The van der Waals surface area contributed by atoms with Crippen LogP contribution in [0.4, 0.5) is 0 Å². The number of hydrogen-bond acceptors (Lipinski definition) is 5. The van der Waals surface area contributed by atoms with Crippen LogP contribution in [0, 0.1) is 0 Å². The average Bonchev–Trinajstić information content (AvgIpc) is 3.36. The molecule has 6 heteroatoms. The Kier molecular flexibility index (Phi) is 4.87. The highest BCUT2D eigenvalue weighted by Crippen LogP contribution is 2.24. The van der Waals surface area contributed by atoms with Gasteiger partial charge in [-0.3, -0.25) is 9.78 Å². The summed E-state index contributed by atoms with van der Waals surface area (Å²) in [6.07, 6.45) is 9.21. The van der Waals surface area contributed by atoms with Gasteiger partial charge in [-0.2, -0.15) is 0 Å². The summed E-state index contributed by atoms with van der Waals surface area (Å²) in [6.45, 7) is 2.87. The molecule has 1 aliphatic heterocycles. The Morgan fingerprint density at radius 3 is 3.11 bits per heavy atom. The van der Waals surface area contributed by atoms with Gasteiger partial charge in [0.25, 0.3) is 5.91 Å². The van der Waals surface area contributed by atoms with Gasteiger partial charge in [-0.1, -0.05) is 43.7 Å². The number of amides is 1. The number of ether oxygens (including phenoxy) is 1. The standard InChI is InChI=1S/C21H21N3O3/c1-2-6-16-9-5-12-24(16)21(25)17-13-27-19(23-17)14-26-18-10-3-7-15-8-4-11-22-20(15)18/h3-5,7-11,13,16H,2,6,12,14H2,1H3. The Hall–Kier alpha value is -3.15. The number of rotatable bonds is 6. The van der Waals surface area contributed by atoms with Crippen LogP contribution in [0.25, 0.3) is 10.9 Å². The van der Waals surface area contributed by atoms with Crippen LogP contribution in [-0.2, 0) is 6.61 Å². The first-order valence-corrected chi connectivity index (χ1v) is 9.15. The first-order chi connectivity index (χ1) is 13.3. The molecule has 4 rings (SSSR count). The maximum absolute atomic E-state index is 12.7. The van der Waals surface area contributed by atoms with E-state index >= 15 is 0 Å². The lowest BCUT2D eigenvalue weighted by atomic mass is 10.1. The molecule has 0 fully saturated rings. The Morgan fingerprint density at radius 1 is 1.33 bits per heavy atom. The third-order valence-corrected chi connectivity index (χ3v) is 4.62. The van der Waals surface area contributed by atoms with Crippen molar-refractivity contribution in [3.05, 3.63) is 66.5 Å². The molecule has 27 heavy (non-hydrogen) atoms. The maximum atomic E-state index is 12.7. The molecule has 1 atom stereocenters. The van der Waals surface area contributed by atoms with Crippen molar-refractivity contribution in [3.63, 3.8) is 0 Å². The number of nitrogens with zero attached hydrogens (tertiary/aromatic N) is 3. The summed E-state index contributed by atoms with van der Waals surface area (Å²) in [5.41, 5.74) is 1.10. The van der Waals surface area contributed by atoms with E-state index in [-0.39, 0.29) is 18.6 Å². The van der Waals surface area contributed by atoms with Crippen molar-refractivity contribution in [2.75, 3.05) is 6.54 Å². The monoisotopic (exact) mass is 363 g/mol. The molecule has 0 radical (unpaired) electrons. The molecule has 1 aromatic carbocycles. The largest absolute Gasteiger partial charge is 0.482 e. The second-order valence-electron chi connectivity index (χ2n) is 6.49. The Bertz CT molecular complexity index is 974. The molecule has 0 saturated heterocycles. The molecule has 6 nitrogen and oxygen atoms in total. The molecule has 1 aliphatic rings. The van der Waals surface area contributed by atoms with Crippen molar-refractivity contribution < 1.29 is 13.9 Å². The number of oxazole rings is 1. The van der Waals surface area contributed by atoms with Gasteiger partial charge in [0.15, 0.2) is 12.3 Å². The fraction of sp³-hybridized carbons (Fsp3) is 0.286. The van der Waals surface area contributed by atoms with E-state index in [4.69, 9.17) is 9.15 Å². The van der Waals surface area contributed by atoms with Crippen LogP contribution in [0.3, 0.4) is 0 Å². The molecule has 1 amide bonds. The lowest BCUT2D eigenvalue weighted by molar-refractivity contribution is 0.0738. The summed E-state index contributed by atoms with van der Waals surface area (Å²) in [4.78, 5) is 23.2. The van der Waals surface area contributed by atoms with Crippen LogP contribution >= 0.6 is 0 Å². The van der Waals surface area contributed by atoms with E-state index in [1.54, 1.807) is 6.20 Å². The maximum Gasteiger partial charge on any atom is 0.276 e. The predicted molar refractivity (Wildman–Crippen MR) is 101 cm³/mol. The molecule has 3 heterocycles. The van der Waals surface area contributed by atoms with Gasteiger partial charge in [-0.05, 0) is 18.6 Å². The lowest BCUT2D eigenvalue weighted by Crippen LogP contribution is -2.36. The summed E-state index contributed by atoms with van der Waals surface area (Å²) in [5.74, 6) is 0.914. The zero-order valence-corrected chi connectivity index (χ0v) is 15.2. The molecular formula is C21H21N3O3. The first kappa shape index (κ1) is 17.3. The molecule has 3 aromatic rings. The Morgan fingerprint density at radius 2 is 2.22 bits per heavy atom. The minimum Gasteiger partial charge on any atom is -0.482 e. The normalized spacial score (nSPS) is 16.2. The second kappa shape index (κ2) is 7.61. The summed E-state index contributed by atoms with van der Waals surface area (Å²) < 4.78 is 11.3. The van der Waals surface area contributed by atoms with Crippen molar-refractivity contribution in [2.45, 2.75) is 32.4 Å². The van der Waals surface area contributed by atoms with Gasteiger partial charge in [0.2, 0.25) is 5.89 Å². The van der Waals surface area contributed by atoms with Crippen LogP contribution in [0.2, 0.25) is 0 Å².